The molecule has 0 aliphatic rings. The quantitative estimate of drug-likeness (QED) is 0.507. The number of fused-ring (bicyclic) bond motifs is 1. The van der Waals surface area contributed by atoms with E-state index in [9.17, 15) is 8.78 Å². The number of nitrogens with two attached hydrogens (primary N) is 1. The number of pyridine rings is 1. The average molecular weight is 393 g/mol. The van der Waals surface area contributed by atoms with E-state index >= 15 is 0 Å². The number of rotatable bonds is 6. The summed E-state index contributed by atoms with van der Waals surface area (Å²) < 4.78 is 33.6. The first-order valence-corrected chi connectivity index (χ1v) is 8.91. The third-order valence-electron chi connectivity index (χ3n) is 4.30. The van der Waals surface area contributed by atoms with Crippen molar-refractivity contribution in [1.29, 1.82) is 0 Å². The monoisotopic (exact) mass is 393 g/mol. The first-order valence-electron chi connectivity index (χ1n) is 8.91. The normalized spacial score (nSPS) is 10.8. The summed E-state index contributed by atoms with van der Waals surface area (Å²) in [5.74, 6) is 0.168. The van der Waals surface area contributed by atoms with Gasteiger partial charge < -0.3 is 15.8 Å². The van der Waals surface area contributed by atoms with Crippen LogP contribution in [-0.2, 0) is 6.42 Å². The molecule has 4 aromatic rings. The molecule has 0 amide bonds. The first-order chi connectivity index (χ1) is 14.1. The fourth-order valence-corrected chi connectivity index (χ4v) is 2.89. The fraction of sp³-hybridized carbons (Fsp3) is 0.0952. The van der Waals surface area contributed by atoms with Crippen LogP contribution in [0.2, 0.25) is 0 Å². The zero-order chi connectivity index (χ0) is 20.2. The third-order valence-corrected chi connectivity index (χ3v) is 4.30. The Kier molecular flexibility index (Phi) is 5.15. The van der Waals surface area contributed by atoms with Crippen LogP contribution in [0.5, 0.6) is 11.6 Å². The maximum Gasteiger partial charge on any atom is 0.221 e. The van der Waals surface area contributed by atoms with Gasteiger partial charge in [0.2, 0.25) is 5.88 Å². The van der Waals surface area contributed by atoms with Crippen molar-refractivity contribution < 1.29 is 13.5 Å². The van der Waals surface area contributed by atoms with Crippen molar-refractivity contribution in [2.24, 2.45) is 0 Å². The van der Waals surface area contributed by atoms with Crippen LogP contribution < -0.4 is 15.8 Å². The Hall–Kier alpha value is -3.81. The van der Waals surface area contributed by atoms with Crippen molar-refractivity contribution >= 4 is 22.4 Å². The number of halogens is 2. The van der Waals surface area contributed by atoms with Crippen molar-refractivity contribution in [3.8, 4) is 11.6 Å². The molecule has 0 bridgehead atoms. The van der Waals surface area contributed by atoms with Gasteiger partial charge in [0, 0.05) is 24.5 Å². The van der Waals surface area contributed by atoms with Gasteiger partial charge in [0.05, 0.1) is 5.39 Å². The average Bonchev–Trinajstić information content (AvgIpc) is 2.72. The zero-order valence-electron chi connectivity index (χ0n) is 15.3. The molecule has 3 N–H and O–H groups in total. The van der Waals surface area contributed by atoms with Gasteiger partial charge in [-0.15, -0.1) is 0 Å². The number of nitrogens with zero attached hydrogens (tertiary/aromatic N) is 3. The predicted octanol–water partition coefficient (Wildman–Crippen LogP) is 4.33. The standard InChI is InChI=1S/C21H17F2N5O/c22-16-5-6-17(23)20-19(16)21(28-12-27-20)26-9-7-13-1-3-15(4-2-13)29-18-11-14(24)8-10-25-18/h1-6,8,10-12H,7,9H2,(H2,24,25)(H,26,27,28). The molecule has 4 rings (SSSR count). The summed E-state index contributed by atoms with van der Waals surface area (Å²) in [6, 6.07) is 12.9. The lowest BCUT2D eigenvalue weighted by atomic mass is 10.1. The van der Waals surface area contributed by atoms with Crippen molar-refractivity contribution in [1.82, 2.24) is 15.0 Å². The molecule has 0 unspecified atom stereocenters. The molecule has 0 spiro atoms. The molecule has 0 atom stereocenters. The van der Waals surface area contributed by atoms with E-state index < -0.39 is 11.6 Å². The highest BCUT2D eigenvalue weighted by atomic mass is 19.1. The third kappa shape index (κ3) is 4.21. The number of nitrogen functional groups attached to an aromatic ring is 1. The van der Waals surface area contributed by atoms with Crippen LogP contribution in [0.3, 0.4) is 0 Å². The molecule has 0 saturated carbocycles. The molecule has 0 saturated heterocycles. The van der Waals surface area contributed by atoms with E-state index in [0.717, 1.165) is 17.7 Å². The Labute approximate surface area is 165 Å². The van der Waals surface area contributed by atoms with Gasteiger partial charge in [-0.1, -0.05) is 12.1 Å². The van der Waals surface area contributed by atoms with Gasteiger partial charge >= 0.3 is 0 Å². The number of aromatic nitrogens is 3. The molecule has 0 fully saturated rings. The molecule has 8 heteroatoms. The second-order valence-electron chi connectivity index (χ2n) is 6.33. The Balaban J connectivity index is 1.40. The van der Waals surface area contributed by atoms with Crippen LogP contribution in [0.1, 0.15) is 5.56 Å². The van der Waals surface area contributed by atoms with Crippen molar-refractivity contribution in [3.05, 3.63) is 78.3 Å². The Bertz CT molecular complexity index is 1150. The largest absolute Gasteiger partial charge is 0.439 e. The van der Waals surface area contributed by atoms with Crippen molar-refractivity contribution in [2.75, 3.05) is 17.6 Å². The highest BCUT2D eigenvalue weighted by Gasteiger charge is 2.12. The van der Waals surface area contributed by atoms with Crippen molar-refractivity contribution in [3.63, 3.8) is 0 Å². The van der Waals surface area contributed by atoms with Crippen LogP contribution in [-0.4, -0.2) is 21.5 Å². The van der Waals surface area contributed by atoms with Gasteiger partial charge in [0.25, 0.3) is 0 Å². The van der Waals surface area contributed by atoms with E-state index in [-0.39, 0.29) is 16.7 Å². The molecular formula is C21H17F2N5O. The Morgan fingerprint density at radius 2 is 1.72 bits per heavy atom. The van der Waals surface area contributed by atoms with Crippen LogP contribution in [0.25, 0.3) is 10.9 Å². The highest BCUT2D eigenvalue weighted by molar-refractivity contribution is 5.89. The fourth-order valence-electron chi connectivity index (χ4n) is 2.89. The van der Waals surface area contributed by atoms with Crippen LogP contribution in [0.15, 0.2) is 61.1 Å². The summed E-state index contributed by atoms with van der Waals surface area (Å²) in [6.07, 6.45) is 3.44. The summed E-state index contributed by atoms with van der Waals surface area (Å²) in [6.45, 7) is 0.485. The maximum atomic E-state index is 14.1. The molecule has 0 aliphatic heterocycles. The summed E-state index contributed by atoms with van der Waals surface area (Å²) in [5, 5.41) is 3.10. The second kappa shape index (κ2) is 8.05. The van der Waals surface area contributed by atoms with Gasteiger partial charge in [-0.05, 0) is 42.3 Å². The molecule has 2 aromatic heterocycles. The predicted molar refractivity (Wildman–Crippen MR) is 107 cm³/mol. The number of nitrogens with one attached hydrogen (secondary N) is 1. The van der Waals surface area contributed by atoms with E-state index in [1.165, 1.54) is 6.33 Å². The minimum Gasteiger partial charge on any atom is -0.439 e. The number of hydrogen-bond acceptors (Lipinski definition) is 6. The van der Waals surface area contributed by atoms with Gasteiger partial charge in [0.1, 0.15) is 35.0 Å². The lowest BCUT2D eigenvalue weighted by molar-refractivity contribution is 0.463. The minimum absolute atomic E-state index is 0.0424. The molecule has 2 aromatic carbocycles. The topological polar surface area (TPSA) is 86.0 Å². The van der Waals surface area contributed by atoms with Gasteiger partial charge in [-0.2, -0.15) is 0 Å². The second-order valence-corrected chi connectivity index (χ2v) is 6.33. The maximum absolute atomic E-state index is 14.1. The highest BCUT2D eigenvalue weighted by Crippen LogP contribution is 2.25. The molecule has 146 valence electrons. The smallest absolute Gasteiger partial charge is 0.221 e. The molecular weight excluding hydrogens is 376 g/mol. The van der Waals surface area contributed by atoms with E-state index in [4.69, 9.17) is 10.5 Å². The van der Waals surface area contributed by atoms with E-state index in [0.29, 0.717) is 30.3 Å². The van der Waals surface area contributed by atoms with E-state index in [2.05, 4.69) is 20.3 Å². The van der Waals surface area contributed by atoms with Crippen LogP contribution >= 0.6 is 0 Å². The lowest BCUT2D eigenvalue weighted by Crippen LogP contribution is -2.08. The van der Waals surface area contributed by atoms with Crippen LogP contribution in [0, 0.1) is 11.6 Å². The molecule has 0 radical (unpaired) electrons. The first kappa shape index (κ1) is 18.5. The van der Waals surface area contributed by atoms with Crippen molar-refractivity contribution in [2.45, 2.75) is 6.42 Å². The minimum atomic E-state index is -0.586. The van der Waals surface area contributed by atoms with Gasteiger partial charge in [-0.25, -0.2) is 23.7 Å². The lowest BCUT2D eigenvalue weighted by Gasteiger charge is -2.10. The SMILES string of the molecule is Nc1ccnc(Oc2ccc(CCNc3ncnc4c(F)ccc(F)c34)cc2)c1. The van der Waals surface area contributed by atoms with Gasteiger partial charge in [0.15, 0.2) is 0 Å². The number of ether oxygens (including phenoxy) is 1. The summed E-state index contributed by atoms with van der Waals surface area (Å²) in [4.78, 5) is 12.0. The van der Waals surface area contributed by atoms with E-state index in [1.807, 2.05) is 24.3 Å². The molecule has 29 heavy (non-hydrogen) atoms. The molecule has 6 nitrogen and oxygen atoms in total. The zero-order valence-corrected chi connectivity index (χ0v) is 15.3. The number of hydrogen-bond donors (Lipinski definition) is 2. The molecule has 2 heterocycles. The number of benzene rings is 2. The summed E-state index contributed by atoms with van der Waals surface area (Å²) >= 11 is 0. The Morgan fingerprint density at radius 1 is 0.931 bits per heavy atom. The summed E-state index contributed by atoms with van der Waals surface area (Å²) in [7, 11) is 0. The van der Waals surface area contributed by atoms with Gasteiger partial charge in [-0.3, -0.25) is 0 Å². The summed E-state index contributed by atoms with van der Waals surface area (Å²) in [5.41, 5.74) is 7.28. The molecule has 0 aliphatic carbocycles. The Morgan fingerprint density at radius 3 is 2.52 bits per heavy atom. The van der Waals surface area contributed by atoms with E-state index in [1.54, 1.807) is 18.3 Å². The van der Waals surface area contributed by atoms with Crippen LogP contribution in [0.4, 0.5) is 20.3 Å². The number of anilines is 2.